The number of rotatable bonds is 7. The molecule has 0 spiro atoms. The van der Waals surface area contributed by atoms with Crippen LogP contribution in [-0.2, 0) is 4.79 Å². The molecule has 5 rings (SSSR count). The van der Waals surface area contributed by atoms with Gasteiger partial charge in [-0.25, -0.2) is 9.97 Å². The lowest BCUT2D eigenvalue weighted by Crippen LogP contribution is -2.28. The molecule has 1 saturated heterocycles. The molecule has 0 unspecified atom stereocenters. The van der Waals surface area contributed by atoms with Crippen LogP contribution in [0.15, 0.2) is 55.2 Å². The summed E-state index contributed by atoms with van der Waals surface area (Å²) < 4.78 is 11.6. The van der Waals surface area contributed by atoms with Crippen molar-refractivity contribution in [3.8, 4) is 28.9 Å². The third-order valence-corrected chi connectivity index (χ3v) is 5.44. The Morgan fingerprint density at radius 3 is 2.50 bits per heavy atom. The van der Waals surface area contributed by atoms with E-state index in [9.17, 15) is 4.79 Å². The average Bonchev–Trinajstić information content (AvgIpc) is 3.58. The van der Waals surface area contributed by atoms with Gasteiger partial charge in [-0.3, -0.25) is 4.79 Å². The molecule has 1 atom stereocenters. The number of carbonyl (C=O) groups is 1. The number of aromatic nitrogens is 3. The first-order valence-corrected chi connectivity index (χ1v) is 10.6. The van der Waals surface area contributed by atoms with Crippen LogP contribution in [0.4, 0.5) is 0 Å². The molecule has 1 aliphatic carbocycles. The minimum absolute atomic E-state index is 0.154. The van der Waals surface area contributed by atoms with E-state index in [2.05, 4.69) is 32.9 Å². The van der Waals surface area contributed by atoms with Crippen LogP contribution in [0.25, 0.3) is 17.1 Å². The SMILES string of the molecule is C=C(N)c1cc(O[C@H]2CCNC2=O)nc(-c2ccc(Oc3ccc(C4CC4)cn3)cc2)n1. The first-order chi connectivity index (χ1) is 15.5. The maximum atomic E-state index is 11.9. The summed E-state index contributed by atoms with van der Waals surface area (Å²) in [4.78, 5) is 25.2. The lowest BCUT2D eigenvalue weighted by Gasteiger charge is -2.13. The normalized spacial score (nSPS) is 17.6. The Balaban J connectivity index is 1.35. The quantitative estimate of drug-likeness (QED) is 0.592. The highest BCUT2D eigenvalue weighted by Crippen LogP contribution is 2.40. The maximum Gasteiger partial charge on any atom is 0.261 e. The van der Waals surface area contributed by atoms with Crippen LogP contribution in [0, 0.1) is 0 Å². The van der Waals surface area contributed by atoms with Gasteiger partial charge >= 0.3 is 0 Å². The Hall–Kier alpha value is -3.94. The number of carbonyl (C=O) groups excluding carboxylic acids is 1. The Labute approximate surface area is 185 Å². The first kappa shape index (κ1) is 20.0. The van der Waals surface area contributed by atoms with Gasteiger partial charge in [-0.1, -0.05) is 12.6 Å². The summed E-state index contributed by atoms with van der Waals surface area (Å²) in [5.41, 5.74) is 8.61. The Bertz CT molecular complexity index is 1160. The molecule has 2 fully saturated rings. The van der Waals surface area contributed by atoms with Gasteiger partial charge in [0.25, 0.3) is 5.91 Å². The molecule has 3 N–H and O–H groups in total. The van der Waals surface area contributed by atoms with E-state index < -0.39 is 6.10 Å². The summed E-state index contributed by atoms with van der Waals surface area (Å²) in [6.45, 7) is 4.34. The van der Waals surface area contributed by atoms with E-state index in [1.54, 1.807) is 6.07 Å². The van der Waals surface area contributed by atoms with Crippen molar-refractivity contribution in [1.29, 1.82) is 0 Å². The number of nitrogens with two attached hydrogens (primary N) is 1. The van der Waals surface area contributed by atoms with E-state index in [4.69, 9.17) is 15.2 Å². The van der Waals surface area contributed by atoms with E-state index in [1.165, 1.54) is 18.4 Å². The fourth-order valence-electron chi connectivity index (χ4n) is 3.51. The second-order valence-corrected chi connectivity index (χ2v) is 7.96. The zero-order chi connectivity index (χ0) is 22.1. The van der Waals surface area contributed by atoms with Gasteiger partial charge in [0.2, 0.25) is 11.8 Å². The van der Waals surface area contributed by atoms with Crippen LogP contribution in [-0.4, -0.2) is 33.5 Å². The topological polar surface area (TPSA) is 112 Å². The minimum Gasteiger partial charge on any atom is -0.464 e. The summed E-state index contributed by atoms with van der Waals surface area (Å²) >= 11 is 0. The van der Waals surface area contributed by atoms with Crippen LogP contribution in [0.1, 0.15) is 36.4 Å². The van der Waals surface area contributed by atoms with Gasteiger partial charge in [0, 0.05) is 36.9 Å². The van der Waals surface area contributed by atoms with Crippen molar-refractivity contribution in [2.75, 3.05) is 6.54 Å². The number of hydrogen-bond acceptors (Lipinski definition) is 7. The predicted octanol–water partition coefficient (Wildman–Crippen LogP) is 3.41. The zero-order valence-electron chi connectivity index (χ0n) is 17.5. The van der Waals surface area contributed by atoms with Gasteiger partial charge in [-0.05, 0) is 48.6 Å². The van der Waals surface area contributed by atoms with Crippen molar-refractivity contribution < 1.29 is 14.3 Å². The lowest BCUT2D eigenvalue weighted by atomic mass is 10.2. The largest absolute Gasteiger partial charge is 0.464 e. The summed E-state index contributed by atoms with van der Waals surface area (Å²) in [7, 11) is 0. The first-order valence-electron chi connectivity index (χ1n) is 10.6. The van der Waals surface area contributed by atoms with Crippen molar-refractivity contribution >= 4 is 11.6 Å². The van der Waals surface area contributed by atoms with Crippen molar-refractivity contribution in [3.05, 3.63) is 66.5 Å². The van der Waals surface area contributed by atoms with Crippen molar-refractivity contribution in [1.82, 2.24) is 20.3 Å². The van der Waals surface area contributed by atoms with Crippen LogP contribution in [0.3, 0.4) is 0 Å². The monoisotopic (exact) mass is 429 g/mol. The zero-order valence-corrected chi connectivity index (χ0v) is 17.5. The average molecular weight is 429 g/mol. The highest BCUT2D eigenvalue weighted by atomic mass is 16.5. The van der Waals surface area contributed by atoms with Gasteiger partial charge in [0.1, 0.15) is 5.75 Å². The molecule has 1 aliphatic heterocycles. The fraction of sp³-hybridized carbons (Fsp3) is 0.250. The highest BCUT2D eigenvalue weighted by molar-refractivity contribution is 5.83. The third-order valence-electron chi connectivity index (χ3n) is 5.44. The molecular formula is C24H23N5O3. The Morgan fingerprint density at radius 1 is 1.06 bits per heavy atom. The molecule has 8 heteroatoms. The molecule has 1 aromatic carbocycles. The molecule has 32 heavy (non-hydrogen) atoms. The molecule has 2 aromatic heterocycles. The summed E-state index contributed by atoms with van der Waals surface area (Å²) in [5, 5.41) is 2.74. The third kappa shape index (κ3) is 4.39. The molecule has 162 valence electrons. The van der Waals surface area contributed by atoms with Crippen LogP contribution in [0.5, 0.6) is 17.5 Å². The van der Waals surface area contributed by atoms with Gasteiger partial charge in [0.15, 0.2) is 11.9 Å². The molecule has 3 heterocycles. The molecule has 1 saturated carbocycles. The predicted molar refractivity (Wildman–Crippen MR) is 119 cm³/mol. The number of benzene rings is 1. The van der Waals surface area contributed by atoms with Gasteiger partial charge < -0.3 is 20.5 Å². The minimum atomic E-state index is -0.578. The second-order valence-electron chi connectivity index (χ2n) is 7.96. The van der Waals surface area contributed by atoms with E-state index in [0.29, 0.717) is 42.0 Å². The molecule has 1 amide bonds. The number of ether oxygens (including phenoxy) is 2. The van der Waals surface area contributed by atoms with Gasteiger partial charge in [0.05, 0.1) is 11.4 Å². The Kier molecular flexibility index (Phi) is 5.18. The number of nitrogens with zero attached hydrogens (tertiary/aromatic N) is 3. The Morgan fingerprint density at radius 2 is 1.88 bits per heavy atom. The smallest absolute Gasteiger partial charge is 0.261 e. The van der Waals surface area contributed by atoms with Crippen LogP contribution < -0.4 is 20.5 Å². The molecule has 3 aromatic rings. The highest BCUT2D eigenvalue weighted by Gasteiger charge is 2.27. The number of nitrogens with one attached hydrogen (secondary N) is 1. The summed E-state index contributed by atoms with van der Waals surface area (Å²) in [6, 6.07) is 12.9. The van der Waals surface area contributed by atoms with Crippen molar-refractivity contribution in [2.45, 2.75) is 31.3 Å². The molecule has 2 aliphatic rings. The molecular weight excluding hydrogens is 406 g/mol. The fourth-order valence-corrected chi connectivity index (χ4v) is 3.51. The summed E-state index contributed by atoms with van der Waals surface area (Å²) in [6.07, 6.45) is 4.37. The lowest BCUT2D eigenvalue weighted by molar-refractivity contribution is -0.125. The molecule has 0 radical (unpaired) electrons. The van der Waals surface area contributed by atoms with E-state index in [-0.39, 0.29) is 17.5 Å². The van der Waals surface area contributed by atoms with Crippen molar-refractivity contribution in [2.24, 2.45) is 5.73 Å². The molecule has 8 nitrogen and oxygen atoms in total. The standard InChI is InChI=1S/C24H23N5O3/c1-14(25)19-12-22(32-20-10-11-26-24(20)30)29-23(28-19)16-4-7-18(8-5-16)31-21-9-6-17(13-27-21)15-2-3-15/h4-9,12-13,15,20H,1-3,10-11,25H2,(H,26,30)/t20-/m0/s1. The van der Waals surface area contributed by atoms with Gasteiger partial charge in [-0.15, -0.1) is 0 Å². The van der Waals surface area contributed by atoms with Crippen LogP contribution in [0.2, 0.25) is 0 Å². The number of amides is 1. The van der Waals surface area contributed by atoms with Gasteiger partial charge in [-0.2, -0.15) is 4.98 Å². The summed E-state index contributed by atoms with van der Waals surface area (Å²) in [5.74, 6) is 2.40. The number of hydrogen-bond donors (Lipinski definition) is 2. The van der Waals surface area contributed by atoms with Crippen LogP contribution >= 0.6 is 0 Å². The van der Waals surface area contributed by atoms with E-state index in [1.807, 2.05) is 36.5 Å². The van der Waals surface area contributed by atoms with E-state index in [0.717, 1.165) is 5.56 Å². The van der Waals surface area contributed by atoms with Crippen molar-refractivity contribution in [3.63, 3.8) is 0 Å². The maximum absolute atomic E-state index is 11.9. The number of pyridine rings is 1. The molecule has 0 bridgehead atoms. The second kappa shape index (κ2) is 8.30. The van der Waals surface area contributed by atoms with E-state index >= 15 is 0 Å².